The molecule has 20 heavy (non-hydrogen) atoms. The fourth-order valence-electron chi connectivity index (χ4n) is 1.71. The molecule has 1 aromatic carbocycles. The molecule has 0 fully saturated rings. The fourth-order valence-corrected chi connectivity index (χ4v) is 4.08. The number of nitrogens with zero attached hydrogens (tertiary/aromatic N) is 2. The van der Waals surface area contributed by atoms with Crippen molar-refractivity contribution in [3.05, 3.63) is 22.4 Å². The first-order chi connectivity index (χ1) is 9.21. The van der Waals surface area contributed by atoms with Crippen molar-refractivity contribution >= 4 is 31.6 Å². The topological polar surface area (TPSA) is 87.2 Å². The van der Waals surface area contributed by atoms with E-state index in [1.54, 1.807) is 13.8 Å². The monoisotopic (exact) mass is 363 g/mol. The van der Waals surface area contributed by atoms with Crippen LogP contribution in [0.3, 0.4) is 0 Å². The minimum Gasteiger partial charge on any atom is -0.399 e. The van der Waals surface area contributed by atoms with Crippen molar-refractivity contribution in [1.82, 2.24) is 4.31 Å². The van der Waals surface area contributed by atoms with Gasteiger partial charge in [-0.3, -0.25) is 0 Å². The number of anilines is 1. The Bertz CT molecular complexity index is 641. The third-order valence-electron chi connectivity index (χ3n) is 2.62. The third-order valence-corrected chi connectivity index (χ3v) is 5.28. The Morgan fingerprint density at radius 1 is 1.50 bits per heavy atom. The van der Waals surface area contributed by atoms with Crippen LogP contribution in [0.5, 0.6) is 0 Å². The molecular weight excluding hydrogens is 349 g/mol. The molecule has 0 aliphatic carbocycles. The SMILES string of the molecule is CC(C)N(CCC#N)S(=O)(=O)c1cc(N)cc(Br)c1F. The van der Waals surface area contributed by atoms with E-state index in [1.165, 1.54) is 6.07 Å². The number of hydrogen-bond acceptors (Lipinski definition) is 4. The Balaban J connectivity index is 3.38. The predicted octanol–water partition coefficient (Wildman–Crippen LogP) is 2.48. The quantitative estimate of drug-likeness (QED) is 0.814. The van der Waals surface area contributed by atoms with Crippen molar-refractivity contribution in [3.63, 3.8) is 0 Å². The number of benzene rings is 1. The van der Waals surface area contributed by atoms with Gasteiger partial charge < -0.3 is 5.73 Å². The molecule has 0 spiro atoms. The number of rotatable bonds is 5. The van der Waals surface area contributed by atoms with Crippen LogP contribution in [0.4, 0.5) is 10.1 Å². The summed E-state index contributed by atoms with van der Waals surface area (Å²) in [6, 6.07) is 3.86. The van der Waals surface area contributed by atoms with E-state index >= 15 is 0 Å². The Labute approximate surface area is 126 Å². The molecule has 0 aromatic heterocycles. The van der Waals surface area contributed by atoms with E-state index < -0.39 is 26.8 Å². The van der Waals surface area contributed by atoms with Gasteiger partial charge in [0.05, 0.1) is 10.5 Å². The van der Waals surface area contributed by atoms with Crippen molar-refractivity contribution < 1.29 is 12.8 Å². The highest BCUT2D eigenvalue weighted by atomic mass is 79.9. The standard InChI is InChI=1S/C12H15BrFN3O2S/c1-8(2)17(5-3-4-15)20(18,19)11-7-9(16)6-10(13)12(11)14/h6-8H,3,5,16H2,1-2H3. The summed E-state index contributed by atoms with van der Waals surface area (Å²) in [5.41, 5.74) is 5.71. The van der Waals surface area contributed by atoms with Gasteiger partial charge in [-0.2, -0.15) is 9.57 Å². The van der Waals surface area contributed by atoms with E-state index in [1.807, 2.05) is 6.07 Å². The van der Waals surface area contributed by atoms with Crippen LogP contribution in [0.15, 0.2) is 21.5 Å². The van der Waals surface area contributed by atoms with Gasteiger partial charge in [-0.05, 0) is 41.9 Å². The van der Waals surface area contributed by atoms with Crippen LogP contribution in [0.1, 0.15) is 20.3 Å². The second kappa shape index (κ2) is 6.52. The number of halogens is 2. The van der Waals surface area contributed by atoms with E-state index in [0.29, 0.717) is 0 Å². The number of nitrogens with two attached hydrogens (primary N) is 1. The molecule has 0 heterocycles. The molecule has 0 aliphatic rings. The summed E-state index contributed by atoms with van der Waals surface area (Å²) >= 11 is 2.94. The second-order valence-electron chi connectivity index (χ2n) is 4.43. The Hall–Kier alpha value is -1.17. The van der Waals surface area contributed by atoms with Gasteiger partial charge in [-0.1, -0.05) is 0 Å². The molecule has 5 nitrogen and oxygen atoms in total. The minimum absolute atomic E-state index is 0.00234. The van der Waals surface area contributed by atoms with Gasteiger partial charge in [0.2, 0.25) is 10.0 Å². The van der Waals surface area contributed by atoms with Gasteiger partial charge in [0.15, 0.2) is 5.82 Å². The van der Waals surface area contributed by atoms with Crippen LogP contribution in [0.25, 0.3) is 0 Å². The second-order valence-corrected chi connectivity index (χ2v) is 7.15. The van der Waals surface area contributed by atoms with E-state index in [2.05, 4.69) is 15.9 Å². The van der Waals surface area contributed by atoms with Crippen LogP contribution in [-0.2, 0) is 10.0 Å². The van der Waals surface area contributed by atoms with Crippen molar-refractivity contribution in [2.75, 3.05) is 12.3 Å². The lowest BCUT2D eigenvalue weighted by Gasteiger charge is -2.25. The average molecular weight is 364 g/mol. The zero-order valence-electron chi connectivity index (χ0n) is 11.1. The predicted molar refractivity (Wildman–Crippen MR) is 77.8 cm³/mol. The summed E-state index contributed by atoms with van der Waals surface area (Å²) < 4.78 is 40.1. The summed E-state index contributed by atoms with van der Waals surface area (Å²) in [5, 5.41) is 8.60. The largest absolute Gasteiger partial charge is 0.399 e. The van der Waals surface area contributed by atoms with Gasteiger partial charge in [0, 0.05) is 24.7 Å². The van der Waals surface area contributed by atoms with Gasteiger partial charge in [-0.25, -0.2) is 12.8 Å². The molecule has 1 rings (SSSR count). The lowest BCUT2D eigenvalue weighted by atomic mass is 10.3. The highest BCUT2D eigenvalue weighted by Crippen LogP contribution is 2.29. The maximum Gasteiger partial charge on any atom is 0.246 e. The van der Waals surface area contributed by atoms with E-state index in [4.69, 9.17) is 11.0 Å². The van der Waals surface area contributed by atoms with E-state index in [0.717, 1.165) is 10.4 Å². The molecule has 0 saturated carbocycles. The molecule has 110 valence electrons. The van der Waals surface area contributed by atoms with Gasteiger partial charge in [-0.15, -0.1) is 0 Å². The molecule has 2 N–H and O–H groups in total. The zero-order valence-corrected chi connectivity index (χ0v) is 13.5. The van der Waals surface area contributed by atoms with Crippen molar-refractivity contribution in [3.8, 4) is 6.07 Å². The van der Waals surface area contributed by atoms with Crippen LogP contribution in [0, 0.1) is 17.1 Å². The van der Waals surface area contributed by atoms with Gasteiger partial charge in [0.25, 0.3) is 0 Å². The van der Waals surface area contributed by atoms with Crippen LogP contribution in [-0.4, -0.2) is 25.3 Å². The molecule has 8 heteroatoms. The highest BCUT2D eigenvalue weighted by molar-refractivity contribution is 9.10. The van der Waals surface area contributed by atoms with Crippen molar-refractivity contribution in [2.45, 2.75) is 31.2 Å². The lowest BCUT2D eigenvalue weighted by Crippen LogP contribution is -2.38. The summed E-state index contributed by atoms with van der Waals surface area (Å²) in [6.45, 7) is 3.32. The number of hydrogen-bond donors (Lipinski definition) is 1. The van der Waals surface area contributed by atoms with Crippen molar-refractivity contribution in [2.24, 2.45) is 0 Å². The van der Waals surface area contributed by atoms with Gasteiger partial charge >= 0.3 is 0 Å². The summed E-state index contributed by atoms with van der Waals surface area (Å²) in [5.74, 6) is -0.887. The number of nitrogen functional groups attached to an aromatic ring is 1. The molecule has 0 aliphatic heterocycles. The van der Waals surface area contributed by atoms with Crippen LogP contribution >= 0.6 is 15.9 Å². The molecule has 0 radical (unpaired) electrons. The first-order valence-corrected chi connectivity index (χ1v) is 8.08. The first-order valence-electron chi connectivity index (χ1n) is 5.85. The maximum absolute atomic E-state index is 14.0. The normalized spacial score (nSPS) is 11.8. The van der Waals surface area contributed by atoms with Crippen LogP contribution < -0.4 is 5.73 Å². The number of nitriles is 1. The Kier molecular flexibility index (Phi) is 5.50. The first kappa shape index (κ1) is 16.9. The molecule has 1 aromatic rings. The molecule has 0 atom stereocenters. The van der Waals surface area contributed by atoms with Crippen molar-refractivity contribution in [1.29, 1.82) is 5.26 Å². The third kappa shape index (κ3) is 3.48. The Morgan fingerprint density at radius 3 is 2.60 bits per heavy atom. The maximum atomic E-state index is 14.0. The molecule has 0 bridgehead atoms. The fraction of sp³-hybridized carbons (Fsp3) is 0.417. The molecule has 0 saturated heterocycles. The summed E-state index contributed by atoms with van der Waals surface area (Å²) in [4.78, 5) is -0.490. The van der Waals surface area contributed by atoms with Crippen LogP contribution in [0.2, 0.25) is 0 Å². The smallest absolute Gasteiger partial charge is 0.246 e. The highest BCUT2D eigenvalue weighted by Gasteiger charge is 2.30. The van der Waals surface area contributed by atoms with Gasteiger partial charge in [0.1, 0.15) is 4.90 Å². The zero-order chi connectivity index (χ0) is 15.5. The Morgan fingerprint density at radius 2 is 2.10 bits per heavy atom. The number of sulfonamides is 1. The van der Waals surface area contributed by atoms with E-state index in [9.17, 15) is 12.8 Å². The summed E-state index contributed by atoms with van der Waals surface area (Å²) in [7, 11) is -4.05. The lowest BCUT2D eigenvalue weighted by molar-refractivity contribution is 0.358. The van der Waals surface area contributed by atoms with E-state index in [-0.39, 0.29) is 23.1 Å². The average Bonchev–Trinajstić information content (AvgIpc) is 2.33. The molecule has 0 amide bonds. The molecular formula is C12H15BrFN3O2S. The molecule has 0 unspecified atom stereocenters. The minimum atomic E-state index is -4.05. The summed E-state index contributed by atoms with van der Waals surface area (Å²) in [6.07, 6.45) is 0.0303.